The molecule has 0 amide bonds. The fourth-order valence-corrected chi connectivity index (χ4v) is 4.11. The number of esters is 1. The molecule has 0 bridgehead atoms. The number of sulfonamides is 1. The Morgan fingerprint density at radius 1 is 1.42 bits per heavy atom. The van der Waals surface area contributed by atoms with Crippen molar-refractivity contribution in [2.75, 3.05) is 13.7 Å². The maximum atomic E-state index is 13.9. The van der Waals surface area contributed by atoms with Crippen LogP contribution in [0.4, 0.5) is 4.39 Å². The van der Waals surface area contributed by atoms with Crippen LogP contribution in [-0.4, -0.2) is 33.6 Å². The Balaban J connectivity index is 0.00000529. The summed E-state index contributed by atoms with van der Waals surface area (Å²) in [5.74, 6) is -1.82. The number of ether oxygens (including phenoxy) is 1. The largest absolute Gasteiger partial charge is 0.465 e. The maximum absolute atomic E-state index is 13.9. The first-order chi connectivity index (χ1) is 10.6. The van der Waals surface area contributed by atoms with Crippen LogP contribution in [0.5, 0.6) is 0 Å². The lowest BCUT2D eigenvalue weighted by Gasteiger charge is -2.31. The van der Waals surface area contributed by atoms with Gasteiger partial charge in [0.05, 0.1) is 12.0 Å². The van der Waals surface area contributed by atoms with E-state index in [1.54, 1.807) is 6.92 Å². The minimum absolute atomic E-state index is 0. The highest BCUT2D eigenvalue weighted by molar-refractivity contribution is 7.89. The molecular weight excluding hydrogens is 359 g/mol. The first-order valence-electron chi connectivity index (χ1n) is 7.17. The van der Waals surface area contributed by atoms with Crippen molar-refractivity contribution in [2.45, 2.75) is 37.6 Å². The van der Waals surface area contributed by atoms with E-state index >= 15 is 0 Å². The summed E-state index contributed by atoms with van der Waals surface area (Å²) in [4.78, 5) is 11.3. The van der Waals surface area contributed by atoms with E-state index in [-0.39, 0.29) is 24.9 Å². The SMILES string of the molecule is COC(=O)c1c(F)cccc1S(=O)(=O)NC(C)(CN)CC(C)C.Cl. The molecule has 0 aliphatic heterocycles. The minimum Gasteiger partial charge on any atom is -0.465 e. The molecule has 0 saturated heterocycles. The van der Waals surface area contributed by atoms with Crippen LogP contribution in [0.2, 0.25) is 0 Å². The van der Waals surface area contributed by atoms with Crippen molar-refractivity contribution in [1.29, 1.82) is 0 Å². The topological polar surface area (TPSA) is 98.5 Å². The number of hydrogen-bond acceptors (Lipinski definition) is 5. The van der Waals surface area contributed by atoms with E-state index in [0.717, 1.165) is 19.2 Å². The number of nitrogens with one attached hydrogen (secondary N) is 1. The molecule has 1 aromatic rings. The Kier molecular flexibility index (Phi) is 8.31. The number of carbonyl (C=O) groups excluding carboxylic acids is 1. The summed E-state index contributed by atoms with van der Waals surface area (Å²) in [5, 5.41) is 0. The second-order valence-corrected chi connectivity index (χ2v) is 7.72. The second-order valence-electron chi connectivity index (χ2n) is 6.07. The average molecular weight is 383 g/mol. The van der Waals surface area contributed by atoms with Gasteiger partial charge in [-0.05, 0) is 31.4 Å². The zero-order chi connectivity index (χ0) is 17.8. The molecule has 1 rings (SSSR count). The number of carbonyl (C=O) groups is 1. The molecule has 0 heterocycles. The van der Waals surface area contributed by atoms with Crippen molar-refractivity contribution in [3.8, 4) is 0 Å². The average Bonchev–Trinajstić information content (AvgIpc) is 2.44. The van der Waals surface area contributed by atoms with Crippen LogP contribution in [0.25, 0.3) is 0 Å². The zero-order valence-electron chi connectivity index (χ0n) is 14.1. The van der Waals surface area contributed by atoms with E-state index in [2.05, 4.69) is 9.46 Å². The van der Waals surface area contributed by atoms with Gasteiger partial charge in [0.25, 0.3) is 0 Å². The van der Waals surface area contributed by atoms with Crippen molar-refractivity contribution in [2.24, 2.45) is 11.7 Å². The van der Waals surface area contributed by atoms with E-state index in [1.165, 1.54) is 6.07 Å². The lowest BCUT2D eigenvalue weighted by Crippen LogP contribution is -2.52. The Labute approximate surface area is 148 Å². The van der Waals surface area contributed by atoms with Gasteiger partial charge in [0, 0.05) is 12.1 Å². The van der Waals surface area contributed by atoms with Crippen molar-refractivity contribution in [3.05, 3.63) is 29.6 Å². The van der Waals surface area contributed by atoms with Gasteiger partial charge in [-0.25, -0.2) is 22.3 Å². The van der Waals surface area contributed by atoms with Gasteiger partial charge in [-0.2, -0.15) is 0 Å². The minimum atomic E-state index is -4.15. The van der Waals surface area contributed by atoms with Gasteiger partial charge in [0.15, 0.2) is 0 Å². The summed E-state index contributed by atoms with van der Waals surface area (Å²) in [6, 6.07) is 3.38. The molecule has 6 nitrogen and oxygen atoms in total. The van der Waals surface area contributed by atoms with Crippen molar-refractivity contribution in [3.63, 3.8) is 0 Å². The Morgan fingerprint density at radius 3 is 2.46 bits per heavy atom. The number of nitrogens with two attached hydrogens (primary N) is 1. The van der Waals surface area contributed by atoms with Crippen molar-refractivity contribution < 1.29 is 22.3 Å². The van der Waals surface area contributed by atoms with Gasteiger partial charge in [0.2, 0.25) is 10.0 Å². The molecule has 138 valence electrons. The third-order valence-electron chi connectivity index (χ3n) is 3.34. The summed E-state index contributed by atoms with van der Waals surface area (Å²) in [5.41, 5.74) is 4.17. The second kappa shape index (κ2) is 8.75. The highest BCUT2D eigenvalue weighted by Crippen LogP contribution is 2.23. The molecule has 0 spiro atoms. The fraction of sp³-hybridized carbons (Fsp3) is 0.533. The summed E-state index contributed by atoms with van der Waals surface area (Å²) < 4.78 is 46.2. The number of benzene rings is 1. The normalized spacial score (nSPS) is 14.0. The Hall–Kier alpha value is -1.22. The standard InChI is InChI=1S/C15H23FN2O4S.ClH/c1-10(2)8-15(3,9-17)18-23(20,21)12-7-5-6-11(16)13(12)14(19)22-4;/h5-7,10,18H,8-9,17H2,1-4H3;1H. The summed E-state index contributed by atoms with van der Waals surface area (Å²) in [7, 11) is -3.10. The monoisotopic (exact) mass is 382 g/mol. The first-order valence-corrected chi connectivity index (χ1v) is 8.65. The van der Waals surface area contributed by atoms with Crippen molar-refractivity contribution in [1.82, 2.24) is 4.72 Å². The van der Waals surface area contributed by atoms with Crippen molar-refractivity contribution >= 4 is 28.4 Å². The third-order valence-corrected chi connectivity index (χ3v) is 5.03. The zero-order valence-corrected chi connectivity index (χ0v) is 15.8. The van der Waals surface area contributed by atoms with E-state index < -0.39 is 37.8 Å². The molecule has 0 aliphatic carbocycles. The molecule has 0 fully saturated rings. The number of methoxy groups -OCH3 is 1. The van der Waals surface area contributed by atoms with Crippen LogP contribution in [0, 0.1) is 11.7 Å². The predicted octanol–water partition coefficient (Wildman–Crippen LogP) is 2.08. The molecule has 0 aliphatic rings. The molecule has 24 heavy (non-hydrogen) atoms. The number of hydrogen-bond donors (Lipinski definition) is 2. The molecule has 1 aromatic carbocycles. The van der Waals surface area contributed by atoms with Gasteiger partial charge in [-0.1, -0.05) is 19.9 Å². The molecule has 0 saturated carbocycles. The number of rotatable bonds is 7. The maximum Gasteiger partial charge on any atom is 0.342 e. The van der Waals surface area contributed by atoms with E-state index in [1.807, 2.05) is 13.8 Å². The van der Waals surface area contributed by atoms with Crippen LogP contribution in [-0.2, 0) is 14.8 Å². The quantitative estimate of drug-likeness (QED) is 0.703. The highest BCUT2D eigenvalue weighted by atomic mass is 35.5. The van der Waals surface area contributed by atoms with Gasteiger partial charge >= 0.3 is 5.97 Å². The lowest BCUT2D eigenvalue weighted by atomic mass is 9.92. The molecule has 1 unspecified atom stereocenters. The first kappa shape index (κ1) is 22.8. The number of halogens is 2. The van der Waals surface area contributed by atoms with Crippen LogP contribution in [0.15, 0.2) is 23.1 Å². The van der Waals surface area contributed by atoms with Gasteiger partial charge in [-0.3, -0.25) is 0 Å². The Morgan fingerprint density at radius 2 is 2.00 bits per heavy atom. The molecule has 9 heteroatoms. The van der Waals surface area contributed by atoms with E-state index in [0.29, 0.717) is 6.42 Å². The van der Waals surface area contributed by atoms with E-state index in [4.69, 9.17) is 5.73 Å². The summed E-state index contributed by atoms with van der Waals surface area (Å²) in [6.07, 6.45) is 0.492. The Bertz CT molecular complexity index is 682. The van der Waals surface area contributed by atoms with Gasteiger partial charge < -0.3 is 10.5 Å². The van der Waals surface area contributed by atoms with Gasteiger partial charge in [0.1, 0.15) is 11.4 Å². The lowest BCUT2D eigenvalue weighted by molar-refractivity contribution is 0.0590. The molecule has 0 radical (unpaired) electrons. The highest BCUT2D eigenvalue weighted by Gasteiger charge is 2.33. The molecule has 1 atom stereocenters. The third kappa shape index (κ3) is 5.41. The van der Waals surface area contributed by atoms with Crippen LogP contribution < -0.4 is 10.5 Å². The van der Waals surface area contributed by atoms with Crippen LogP contribution >= 0.6 is 12.4 Å². The predicted molar refractivity (Wildman–Crippen MR) is 92.2 cm³/mol. The fourth-order valence-electron chi connectivity index (χ4n) is 2.48. The molecular formula is C15H24ClFN2O4S. The summed E-state index contributed by atoms with van der Waals surface area (Å²) >= 11 is 0. The smallest absolute Gasteiger partial charge is 0.342 e. The molecule has 0 aromatic heterocycles. The summed E-state index contributed by atoms with van der Waals surface area (Å²) in [6.45, 7) is 5.60. The van der Waals surface area contributed by atoms with Crippen LogP contribution in [0.1, 0.15) is 37.6 Å². The van der Waals surface area contributed by atoms with Crippen LogP contribution in [0.3, 0.4) is 0 Å². The van der Waals surface area contributed by atoms with E-state index in [9.17, 15) is 17.6 Å². The molecule has 3 N–H and O–H groups in total. The van der Waals surface area contributed by atoms with Gasteiger partial charge in [-0.15, -0.1) is 12.4 Å².